The van der Waals surface area contributed by atoms with Crippen LogP contribution >= 0.6 is 27.3 Å². The summed E-state index contributed by atoms with van der Waals surface area (Å²) in [5.41, 5.74) is 0. The van der Waals surface area contributed by atoms with E-state index < -0.39 is 0 Å². The van der Waals surface area contributed by atoms with Crippen LogP contribution in [0.15, 0.2) is 6.20 Å². The van der Waals surface area contributed by atoms with Gasteiger partial charge in [0.1, 0.15) is 4.88 Å². The fourth-order valence-electron chi connectivity index (χ4n) is 0.814. The minimum absolute atomic E-state index is 0.330. The second-order valence-corrected chi connectivity index (χ2v) is 4.31. The summed E-state index contributed by atoms with van der Waals surface area (Å²) in [5, 5.41) is 1.50. The molecule has 0 aliphatic rings. The number of hydrogen-bond donors (Lipinski definition) is 0. The zero-order valence-electron chi connectivity index (χ0n) is 8.25. The number of aromatic nitrogens is 1. The molecule has 0 bridgehead atoms. The summed E-state index contributed by atoms with van der Waals surface area (Å²) in [4.78, 5) is 15.8. The van der Waals surface area contributed by atoms with Crippen LogP contribution in [0.2, 0.25) is 0 Å². The molecule has 0 unspecified atom stereocenters. The van der Waals surface area contributed by atoms with Crippen LogP contribution in [-0.4, -0.2) is 22.9 Å². The first-order valence-electron chi connectivity index (χ1n) is 4.45. The highest BCUT2D eigenvalue weighted by molar-refractivity contribution is 9.09. The van der Waals surface area contributed by atoms with Gasteiger partial charge < -0.3 is 4.74 Å². The first-order chi connectivity index (χ1) is 7.27. The lowest BCUT2D eigenvalue weighted by Crippen LogP contribution is -2.01. The number of hydrogen-bond acceptors (Lipinski definition) is 4. The van der Waals surface area contributed by atoms with Crippen LogP contribution in [0.5, 0.6) is 0 Å². The molecule has 5 heteroatoms. The molecule has 0 aromatic carbocycles. The normalized spacial score (nSPS) is 9.20. The van der Waals surface area contributed by atoms with Gasteiger partial charge in [-0.05, 0) is 12.8 Å². The molecule has 1 aromatic heterocycles. The summed E-state index contributed by atoms with van der Waals surface area (Å²) in [6.07, 6.45) is 2.27. The van der Waals surface area contributed by atoms with Crippen molar-refractivity contribution in [3.05, 3.63) is 16.1 Å². The van der Waals surface area contributed by atoms with Crippen molar-refractivity contribution in [2.24, 2.45) is 0 Å². The quantitative estimate of drug-likeness (QED) is 0.487. The van der Waals surface area contributed by atoms with E-state index in [9.17, 15) is 4.79 Å². The molecule has 15 heavy (non-hydrogen) atoms. The lowest BCUT2D eigenvalue weighted by molar-refractivity contribution is 0.0532. The van der Waals surface area contributed by atoms with Crippen molar-refractivity contribution in [3.63, 3.8) is 0 Å². The molecular weight excluding hydrogens is 278 g/mol. The van der Waals surface area contributed by atoms with Crippen molar-refractivity contribution in [1.29, 1.82) is 0 Å². The van der Waals surface area contributed by atoms with Crippen molar-refractivity contribution in [2.45, 2.75) is 13.3 Å². The SMILES string of the molecule is CCOC(=O)c1cnc(C#CCCBr)s1. The van der Waals surface area contributed by atoms with Crippen LogP contribution in [-0.2, 0) is 4.74 Å². The van der Waals surface area contributed by atoms with Gasteiger partial charge in [0, 0.05) is 11.8 Å². The monoisotopic (exact) mass is 287 g/mol. The van der Waals surface area contributed by atoms with Gasteiger partial charge in [-0.25, -0.2) is 9.78 Å². The number of carbonyl (C=O) groups excluding carboxylic acids is 1. The fourth-order valence-corrected chi connectivity index (χ4v) is 1.70. The van der Waals surface area contributed by atoms with Crippen LogP contribution in [0.25, 0.3) is 0 Å². The molecule has 0 saturated carbocycles. The molecule has 0 atom stereocenters. The van der Waals surface area contributed by atoms with Gasteiger partial charge in [0.05, 0.1) is 12.8 Å². The first kappa shape index (κ1) is 12.2. The van der Waals surface area contributed by atoms with Crippen molar-refractivity contribution in [2.75, 3.05) is 11.9 Å². The van der Waals surface area contributed by atoms with Crippen LogP contribution in [0.4, 0.5) is 0 Å². The molecule has 0 aliphatic heterocycles. The lowest BCUT2D eigenvalue weighted by atomic mass is 10.5. The van der Waals surface area contributed by atoms with Gasteiger partial charge in [0.25, 0.3) is 0 Å². The molecule has 1 heterocycles. The fraction of sp³-hybridized carbons (Fsp3) is 0.400. The number of esters is 1. The Morgan fingerprint density at radius 2 is 2.53 bits per heavy atom. The van der Waals surface area contributed by atoms with Gasteiger partial charge >= 0.3 is 5.97 Å². The zero-order valence-corrected chi connectivity index (χ0v) is 10.7. The molecule has 0 amide bonds. The number of thiazole rings is 1. The van der Waals surface area contributed by atoms with Crippen molar-refractivity contribution < 1.29 is 9.53 Å². The van der Waals surface area contributed by atoms with Gasteiger partial charge in [0.2, 0.25) is 0 Å². The predicted molar refractivity (Wildman–Crippen MR) is 63.4 cm³/mol. The molecular formula is C10H10BrNO2S. The topological polar surface area (TPSA) is 39.2 Å². The first-order valence-corrected chi connectivity index (χ1v) is 6.39. The number of rotatable bonds is 3. The van der Waals surface area contributed by atoms with E-state index in [-0.39, 0.29) is 5.97 Å². The van der Waals surface area contributed by atoms with E-state index in [1.807, 2.05) is 0 Å². The number of carbonyl (C=O) groups is 1. The Hall–Kier alpha value is -0.860. The average Bonchev–Trinajstić information content (AvgIpc) is 2.67. The van der Waals surface area contributed by atoms with E-state index in [1.165, 1.54) is 17.5 Å². The molecule has 0 N–H and O–H groups in total. The highest BCUT2D eigenvalue weighted by atomic mass is 79.9. The Morgan fingerprint density at radius 3 is 3.20 bits per heavy atom. The Balaban J connectivity index is 2.65. The van der Waals surface area contributed by atoms with Crippen molar-refractivity contribution in [1.82, 2.24) is 4.98 Å². The van der Waals surface area contributed by atoms with E-state index in [0.29, 0.717) is 16.5 Å². The molecule has 3 nitrogen and oxygen atoms in total. The predicted octanol–water partition coefficient (Wildman–Crippen LogP) is 2.46. The molecule has 0 aliphatic carbocycles. The Labute approximate surface area is 101 Å². The zero-order chi connectivity index (χ0) is 11.1. The summed E-state index contributed by atoms with van der Waals surface area (Å²) in [6, 6.07) is 0. The third kappa shape index (κ3) is 4.02. The molecule has 0 radical (unpaired) electrons. The summed E-state index contributed by atoms with van der Waals surface area (Å²) >= 11 is 4.54. The van der Waals surface area contributed by atoms with Gasteiger partial charge in [0.15, 0.2) is 5.01 Å². The smallest absolute Gasteiger partial charge is 0.349 e. The Morgan fingerprint density at radius 1 is 1.73 bits per heavy atom. The molecule has 0 fully saturated rings. The second kappa shape index (κ2) is 6.59. The number of nitrogens with zero attached hydrogens (tertiary/aromatic N) is 1. The van der Waals surface area contributed by atoms with Gasteiger partial charge in [-0.2, -0.15) is 0 Å². The molecule has 1 rings (SSSR count). The van der Waals surface area contributed by atoms with Crippen LogP contribution in [0.3, 0.4) is 0 Å². The Kier molecular flexibility index (Phi) is 5.37. The van der Waals surface area contributed by atoms with Crippen LogP contribution in [0.1, 0.15) is 28.0 Å². The summed E-state index contributed by atoms with van der Waals surface area (Å²) < 4.78 is 4.84. The maximum atomic E-state index is 11.3. The van der Waals surface area contributed by atoms with E-state index in [2.05, 4.69) is 32.8 Å². The summed E-state index contributed by atoms with van der Waals surface area (Å²) in [5.74, 6) is 5.49. The third-order valence-electron chi connectivity index (χ3n) is 1.40. The summed E-state index contributed by atoms with van der Waals surface area (Å²) in [6.45, 7) is 2.15. The van der Waals surface area contributed by atoms with Gasteiger partial charge in [-0.3, -0.25) is 0 Å². The number of alkyl halides is 1. The van der Waals surface area contributed by atoms with Gasteiger partial charge in [-0.15, -0.1) is 0 Å². The standard InChI is InChI=1S/C10H10BrNO2S/c1-2-14-10(13)8-7-12-9(15-8)5-3-4-6-11/h7H,2,4,6H2,1H3. The Bertz CT molecular complexity index is 392. The maximum Gasteiger partial charge on any atom is 0.349 e. The van der Waals surface area contributed by atoms with E-state index >= 15 is 0 Å². The largest absolute Gasteiger partial charge is 0.462 e. The van der Waals surface area contributed by atoms with Crippen LogP contribution in [0, 0.1) is 11.8 Å². The van der Waals surface area contributed by atoms with Crippen molar-refractivity contribution >= 4 is 33.2 Å². The minimum atomic E-state index is -0.330. The van der Waals surface area contributed by atoms with E-state index in [4.69, 9.17) is 4.74 Å². The minimum Gasteiger partial charge on any atom is -0.462 e. The molecule has 80 valence electrons. The number of halogens is 1. The van der Waals surface area contributed by atoms with Crippen LogP contribution < -0.4 is 0 Å². The molecule has 0 saturated heterocycles. The number of ether oxygens (including phenoxy) is 1. The van der Waals surface area contributed by atoms with E-state index in [0.717, 1.165) is 11.8 Å². The maximum absolute atomic E-state index is 11.3. The third-order valence-corrected chi connectivity index (χ3v) is 2.69. The second-order valence-electron chi connectivity index (χ2n) is 2.49. The summed E-state index contributed by atoms with van der Waals surface area (Å²) in [7, 11) is 0. The van der Waals surface area contributed by atoms with E-state index in [1.54, 1.807) is 6.92 Å². The average molecular weight is 288 g/mol. The molecule has 0 spiro atoms. The highest BCUT2D eigenvalue weighted by Gasteiger charge is 2.09. The lowest BCUT2D eigenvalue weighted by Gasteiger charge is -1.95. The van der Waals surface area contributed by atoms with Gasteiger partial charge in [-0.1, -0.05) is 33.2 Å². The van der Waals surface area contributed by atoms with Crippen molar-refractivity contribution in [3.8, 4) is 11.8 Å². The molecule has 1 aromatic rings. The highest BCUT2D eigenvalue weighted by Crippen LogP contribution is 2.12.